The first-order valence-corrected chi connectivity index (χ1v) is 3.61. The van der Waals surface area contributed by atoms with Crippen molar-refractivity contribution in [3.05, 3.63) is 36.5 Å². The quantitative estimate of drug-likeness (QED) is 0.445. The zero-order valence-corrected chi connectivity index (χ0v) is 7.04. The second-order valence-electron chi connectivity index (χ2n) is 2.57. The molecule has 0 radical (unpaired) electrons. The monoisotopic (exact) mass is 147 g/mol. The maximum absolute atomic E-state index is 8.47. The number of hydrogen-bond donors (Lipinski definition) is 0. The zero-order chi connectivity index (χ0) is 8.69. The summed E-state index contributed by atoms with van der Waals surface area (Å²) in [5.74, 6) is 0.524. The van der Waals surface area contributed by atoms with E-state index in [2.05, 4.69) is 20.4 Å². The normalized spacial score (nSPS) is 12.0. The largest absolute Gasteiger partial charge is 0.192 e. The Morgan fingerprint density at radius 3 is 2.55 bits per heavy atom. The highest BCUT2D eigenvalue weighted by Crippen LogP contribution is 1.97. The summed E-state index contributed by atoms with van der Waals surface area (Å²) in [7, 11) is 0. The van der Waals surface area contributed by atoms with E-state index >= 15 is 0 Å². The molecule has 0 unspecified atom stereocenters. The topological polar surface area (TPSA) is 23.8 Å². The van der Waals surface area contributed by atoms with Gasteiger partial charge in [-0.2, -0.15) is 5.26 Å². The summed E-state index contributed by atoms with van der Waals surface area (Å²) in [6, 6.07) is 2.02. The number of allylic oxidation sites excluding steroid dienone is 5. The molecule has 0 saturated carbocycles. The van der Waals surface area contributed by atoms with Gasteiger partial charge in [0.05, 0.1) is 11.6 Å². The molecule has 0 atom stereocenters. The van der Waals surface area contributed by atoms with E-state index in [9.17, 15) is 0 Å². The third-order valence-corrected chi connectivity index (χ3v) is 1.12. The molecule has 0 fully saturated rings. The first-order chi connectivity index (χ1) is 5.20. The molecule has 1 nitrogen and oxygen atoms in total. The zero-order valence-electron chi connectivity index (χ0n) is 7.04. The Morgan fingerprint density at radius 1 is 1.55 bits per heavy atom. The lowest BCUT2D eigenvalue weighted by molar-refractivity contribution is 0.832. The second kappa shape index (κ2) is 5.49. The van der Waals surface area contributed by atoms with Crippen LogP contribution in [0.4, 0.5) is 0 Å². The first-order valence-electron chi connectivity index (χ1n) is 3.61. The van der Waals surface area contributed by atoms with Gasteiger partial charge in [-0.15, -0.1) is 0 Å². The van der Waals surface area contributed by atoms with Gasteiger partial charge in [-0.05, 0) is 12.0 Å². The molecule has 1 heteroatoms. The minimum Gasteiger partial charge on any atom is -0.192 e. The van der Waals surface area contributed by atoms with E-state index in [4.69, 9.17) is 5.26 Å². The van der Waals surface area contributed by atoms with Crippen molar-refractivity contribution >= 4 is 0 Å². The van der Waals surface area contributed by atoms with Crippen LogP contribution in [-0.2, 0) is 0 Å². The summed E-state index contributed by atoms with van der Waals surface area (Å²) in [6.07, 6.45) is 7.21. The average molecular weight is 147 g/mol. The minimum atomic E-state index is 0.524. The van der Waals surface area contributed by atoms with Gasteiger partial charge in [-0.25, -0.2) is 0 Å². The van der Waals surface area contributed by atoms with E-state index in [-0.39, 0.29) is 0 Å². The molecule has 0 saturated heterocycles. The standard InChI is InChI=1S/C10H13N/c1-4-10(8-11)7-5-6-9(2)3/h4-7,9H,1H2,2-3H3/b6-5-,10-7+. The highest BCUT2D eigenvalue weighted by atomic mass is 14.2. The van der Waals surface area contributed by atoms with E-state index in [1.807, 2.05) is 18.2 Å². The van der Waals surface area contributed by atoms with Gasteiger partial charge in [-0.3, -0.25) is 0 Å². The third-order valence-electron chi connectivity index (χ3n) is 1.12. The molecule has 0 bridgehead atoms. The van der Waals surface area contributed by atoms with Gasteiger partial charge >= 0.3 is 0 Å². The highest BCUT2D eigenvalue weighted by molar-refractivity contribution is 5.34. The first kappa shape index (κ1) is 9.71. The van der Waals surface area contributed by atoms with Crippen LogP contribution in [0.5, 0.6) is 0 Å². The summed E-state index contributed by atoms with van der Waals surface area (Å²) in [5, 5.41) is 8.47. The van der Waals surface area contributed by atoms with Crippen LogP contribution < -0.4 is 0 Å². The highest BCUT2D eigenvalue weighted by Gasteiger charge is 1.83. The summed E-state index contributed by atoms with van der Waals surface area (Å²) < 4.78 is 0. The molecule has 58 valence electrons. The second-order valence-corrected chi connectivity index (χ2v) is 2.57. The molecule has 0 heterocycles. The van der Waals surface area contributed by atoms with E-state index in [0.717, 1.165) is 0 Å². The smallest absolute Gasteiger partial charge is 0.0991 e. The Bertz CT molecular complexity index is 214. The van der Waals surface area contributed by atoms with E-state index < -0.39 is 0 Å². The number of nitriles is 1. The Hall–Kier alpha value is -1.29. The van der Waals surface area contributed by atoms with Crippen molar-refractivity contribution < 1.29 is 0 Å². The number of nitrogens with zero attached hydrogens (tertiary/aromatic N) is 1. The molecule has 0 aromatic rings. The lowest BCUT2D eigenvalue weighted by atomic mass is 10.2. The summed E-state index contributed by atoms with van der Waals surface area (Å²) >= 11 is 0. The van der Waals surface area contributed by atoms with Crippen molar-refractivity contribution in [1.29, 1.82) is 5.26 Å². The Kier molecular flexibility index (Phi) is 4.85. The molecular formula is C10H13N. The Labute approximate surface area is 68.3 Å². The lowest BCUT2D eigenvalue weighted by Crippen LogP contribution is -1.75. The third kappa shape index (κ3) is 5.17. The maximum Gasteiger partial charge on any atom is 0.0991 e. The van der Waals surface area contributed by atoms with Gasteiger partial charge in [-0.1, -0.05) is 38.7 Å². The molecule has 0 rings (SSSR count). The van der Waals surface area contributed by atoms with Gasteiger partial charge in [0, 0.05) is 0 Å². The molecule has 0 aromatic carbocycles. The molecule has 11 heavy (non-hydrogen) atoms. The van der Waals surface area contributed by atoms with Crippen molar-refractivity contribution in [3.8, 4) is 6.07 Å². The Morgan fingerprint density at radius 2 is 2.18 bits per heavy atom. The molecule has 0 amide bonds. The van der Waals surface area contributed by atoms with Gasteiger partial charge < -0.3 is 0 Å². The molecule has 0 aliphatic rings. The van der Waals surface area contributed by atoms with Crippen molar-refractivity contribution in [2.24, 2.45) is 5.92 Å². The summed E-state index contributed by atoms with van der Waals surface area (Å²) in [4.78, 5) is 0. The van der Waals surface area contributed by atoms with E-state index in [0.29, 0.717) is 11.5 Å². The van der Waals surface area contributed by atoms with Crippen molar-refractivity contribution in [3.63, 3.8) is 0 Å². The SMILES string of the molecule is C=C/C(C#N)=C\C=C/C(C)C. The fraction of sp³-hybridized carbons (Fsp3) is 0.300. The van der Waals surface area contributed by atoms with Crippen LogP contribution >= 0.6 is 0 Å². The predicted molar refractivity (Wildman–Crippen MR) is 47.9 cm³/mol. The Balaban J connectivity index is 4.11. The molecule has 0 aliphatic heterocycles. The van der Waals surface area contributed by atoms with Gasteiger partial charge in [0.15, 0.2) is 0 Å². The van der Waals surface area contributed by atoms with Gasteiger partial charge in [0.25, 0.3) is 0 Å². The van der Waals surface area contributed by atoms with Crippen LogP contribution in [0.15, 0.2) is 36.5 Å². The van der Waals surface area contributed by atoms with Crippen LogP contribution in [0.2, 0.25) is 0 Å². The minimum absolute atomic E-state index is 0.524. The van der Waals surface area contributed by atoms with Crippen LogP contribution in [0.1, 0.15) is 13.8 Å². The van der Waals surface area contributed by atoms with Crippen LogP contribution in [0, 0.1) is 17.2 Å². The molecule has 0 spiro atoms. The van der Waals surface area contributed by atoms with Crippen molar-refractivity contribution in [2.45, 2.75) is 13.8 Å². The van der Waals surface area contributed by atoms with Crippen LogP contribution in [-0.4, -0.2) is 0 Å². The van der Waals surface area contributed by atoms with E-state index in [1.165, 1.54) is 0 Å². The average Bonchev–Trinajstić information content (AvgIpc) is 1.98. The number of rotatable bonds is 3. The molecular weight excluding hydrogens is 134 g/mol. The molecule has 0 aliphatic carbocycles. The fourth-order valence-electron chi connectivity index (χ4n) is 0.532. The molecule has 0 aromatic heterocycles. The van der Waals surface area contributed by atoms with Crippen LogP contribution in [0.3, 0.4) is 0 Å². The van der Waals surface area contributed by atoms with Crippen molar-refractivity contribution in [2.75, 3.05) is 0 Å². The maximum atomic E-state index is 8.47. The van der Waals surface area contributed by atoms with E-state index in [1.54, 1.807) is 12.2 Å². The number of hydrogen-bond acceptors (Lipinski definition) is 1. The fourth-order valence-corrected chi connectivity index (χ4v) is 0.532. The van der Waals surface area contributed by atoms with Gasteiger partial charge in [0.1, 0.15) is 0 Å². The van der Waals surface area contributed by atoms with Crippen molar-refractivity contribution in [1.82, 2.24) is 0 Å². The lowest BCUT2D eigenvalue weighted by Gasteiger charge is -1.89. The molecule has 0 N–H and O–H groups in total. The summed E-state index contributed by atoms with van der Waals surface area (Å²) in [5.41, 5.74) is 0.599. The summed E-state index contributed by atoms with van der Waals surface area (Å²) in [6.45, 7) is 7.68. The van der Waals surface area contributed by atoms with Gasteiger partial charge in [0.2, 0.25) is 0 Å². The van der Waals surface area contributed by atoms with Crippen LogP contribution in [0.25, 0.3) is 0 Å². The predicted octanol–water partition coefficient (Wildman–Crippen LogP) is 2.83.